The smallest absolute Gasteiger partial charge is 0.258 e. The molecule has 0 aliphatic carbocycles. The molecular formula is C8H8N6O. The van der Waals surface area contributed by atoms with Crippen LogP contribution in [0.1, 0.15) is 10.4 Å². The van der Waals surface area contributed by atoms with Gasteiger partial charge >= 0.3 is 0 Å². The summed E-state index contributed by atoms with van der Waals surface area (Å²) in [6, 6.07) is 6.53. The number of benzene rings is 1. The number of amides is 1. The number of rotatable bonds is 2. The highest BCUT2D eigenvalue weighted by Gasteiger charge is 2.06. The minimum Gasteiger partial charge on any atom is -0.399 e. The molecule has 1 aromatic heterocycles. The van der Waals surface area contributed by atoms with E-state index >= 15 is 0 Å². The van der Waals surface area contributed by atoms with E-state index in [2.05, 4.69) is 25.9 Å². The van der Waals surface area contributed by atoms with Gasteiger partial charge in [-0.2, -0.15) is 0 Å². The third kappa shape index (κ3) is 2.08. The van der Waals surface area contributed by atoms with Crippen LogP contribution in [-0.4, -0.2) is 26.5 Å². The minimum absolute atomic E-state index is 0.205. The van der Waals surface area contributed by atoms with Crippen molar-refractivity contribution in [2.24, 2.45) is 0 Å². The van der Waals surface area contributed by atoms with Gasteiger partial charge in [-0.25, -0.2) is 5.10 Å². The lowest BCUT2D eigenvalue weighted by Crippen LogP contribution is -2.12. The van der Waals surface area contributed by atoms with Crippen molar-refractivity contribution in [3.63, 3.8) is 0 Å². The molecule has 76 valence electrons. The van der Waals surface area contributed by atoms with Gasteiger partial charge in [0.2, 0.25) is 5.95 Å². The molecule has 0 unspecified atom stereocenters. The molecule has 2 rings (SSSR count). The lowest BCUT2D eigenvalue weighted by molar-refractivity contribution is 0.102. The first kappa shape index (κ1) is 9.13. The SMILES string of the molecule is Nc1ccc(C(=O)Nc2nnn[nH]2)cc1. The van der Waals surface area contributed by atoms with Crippen molar-refractivity contribution >= 4 is 17.5 Å². The highest BCUT2D eigenvalue weighted by Crippen LogP contribution is 2.06. The Morgan fingerprint density at radius 1 is 1.33 bits per heavy atom. The fraction of sp³-hybridized carbons (Fsp3) is 0. The number of nitrogens with zero attached hydrogens (tertiary/aromatic N) is 3. The molecule has 2 aromatic rings. The van der Waals surface area contributed by atoms with Crippen LogP contribution in [0.15, 0.2) is 24.3 Å². The molecule has 15 heavy (non-hydrogen) atoms. The Bertz CT molecular complexity index is 448. The number of carbonyl (C=O) groups excluding carboxylic acids is 1. The summed E-state index contributed by atoms with van der Waals surface area (Å²) in [6.07, 6.45) is 0. The van der Waals surface area contributed by atoms with Gasteiger partial charge in [-0.05, 0) is 34.7 Å². The predicted octanol–water partition coefficient (Wildman–Crippen LogP) is 0.0342. The zero-order chi connectivity index (χ0) is 10.7. The van der Waals surface area contributed by atoms with Crippen molar-refractivity contribution in [2.75, 3.05) is 11.1 Å². The standard InChI is InChI=1S/C8H8N6O/c9-6-3-1-5(2-4-6)7(15)10-8-11-13-14-12-8/h1-4H,9H2,(H2,10,11,12,13,14,15). The van der Waals surface area contributed by atoms with E-state index < -0.39 is 0 Å². The van der Waals surface area contributed by atoms with Gasteiger partial charge in [0.05, 0.1) is 0 Å². The van der Waals surface area contributed by atoms with Crippen molar-refractivity contribution in [2.45, 2.75) is 0 Å². The van der Waals surface area contributed by atoms with Gasteiger partial charge in [-0.15, -0.1) is 0 Å². The van der Waals surface area contributed by atoms with Gasteiger partial charge in [0.25, 0.3) is 5.91 Å². The topological polar surface area (TPSA) is 110 Å². The van der Waals surface area contributed by atoms with Crippen molar-refractivity contribution in [1.82, 2.24) is 20.6 Å². The van der Waals surface area contributed by atoms with Gasteiger partial charge in [0.1, 0.15) is 0 Å². The summed E-state index contributed by atoms with van der Waals surface area (Å²) >= 11 is 0. The largest absolute Gasteiger partial charge is 0.399 e. The van der Waals surface area contributed by atoms with Crippen LogP contribution < -0.4 is 11.1 Å². The molecule has 0 aliphatic rings. The Hall–Kier alpha value is -2.44. The van der Waals surface area contributed by atoms with Crippen LogP contribution in [0.2, 0.25) is 0 Å². The highest BCUT2D eigenvalue weighted by molar-refractivity contribution is 6.03. The van der Waals surface area contributed by atoms with E-state index in [1.165, 1.54) is 0 Å². The second-order valence-corrected chi connectivity index (χ2v) is 2.83. The molecule has 4 N–H and O–H groups in total. The molecule has 1 heterocycles. The Balaban J connectivity index is 2.11. The second-order valence-electron chi connectivity index (χ2n) is 2.83. The molecule has 0 atom stereocenters. The van der Waals surface area contributed by atoms with E-state index in [-0.39, 0.29) is 11.9 Å². The van der Waals surface area contributed by atoms with Gasteiger partial charge in [0, 0.05) is 11.3 Å². The summed E-state index contributed by atoms with van der Waals surface area (Å²) in [7, 11) is 0. The Morgan fingerprint density at radius 2 is 2.07 bits per heavy atom. The molecule has 0 spiro atoms. The average Bonchev–Trinajstić information content (AvgIpc) is 2.71. The fourth-order valence-corrected chi connectivity index (χ4v) is 1.03. The Labute approximate surface area is 84.7 Å². The Kier molecular flexibility index (Phi) is 2.28. The predicted molar refractivity (Wildman–Crippen MR) is 53.0 cm³/mol. The number of anilines is 2. The van der Waals surface area contributed by atoms with Crippen LogP contribution in [-0.2, 0) is 0 Å². The zero-order valence-electron chi connectivity index (χ0n) is 7.64. The molecule has 1 amide bonds. The minimum atomic E-state index is -0.298. The first-order valence-electron chi connectivity index (χ1n) is 4.16. The third-order valence-corrected chi connectivity index (χ3v) is 1.75. The van der Waals surface area contributed by atoms with E-state index in [1.54, 1.807) is 24.3 Å². The normalized spacial score (nSPS) is 9.87. The van der Waals surface area contributed by atoms with Gasteiger partial charge in [-0.1, -0.05) is 5.10 Å². The molecule has 0 saturated carbocycles. The molecule has 0 saturated heterocycles. The van der Waals surface area contributed by atoms with E-state index in [4.69, 9.17) is 5.73 Å². The van der Waals surface area contributed by atoms with Gasteiger partial charge in [0.15, 0.2) is 0 Å². The van der Waals surface area contributed by atoms with Crippen LogP contribution in [0, 0.1) is 0 Å². The number of aromatic amines is 1. The number of nitrogens with one attached hydrogen (secondary N) is 2. The van der Waals surface area contributed by atoms with Crippen molar-refractivity contribution in [3.8, 4) is 0 Å². The summed E-state index contributed by atoms with van der Waals surface area (Å²) in [4.78, 5) is 11.6. The first-order valence-corrected chi connectivity index (χ1v) is 4.16. The van der Waals surface area contributed by atoms with Crippen LogP contribution in [0.4, 0.5) is 11.6 Å². The Morgan fingerprint density at radius 3 is 2.67 bits per heavy atom. The molecule has 7 nitrogen and oxygen atoms in total. The van der Waals surface area contributed by atoms with Crippen molar-refractivity contribution in [1.29, 1.82) is 0 Å². The number of carbonyl (C=O) groups is 1. The summed E-state index contributed by atoms with van der Waals surface area (Å²) in [5.74, 6) is -0.0922. The maximum Gasteiger partial charge on any atom is 0.258 e. The first-order chi connectivity index (χ1) is 7.25. The van der Waals surface area contributed by atoms with Crippen LogP contribution in [0.25, 0.3) is 0 Å². The maximum absolute atomic E-state index is 11.6. The summed E-state index contributed by atoms with van der Waals surface area (Å²) in [5, 5.41) is 15.1. The molecule has 0 fully saturated rings. The molecular weight excluding hydrogens is 196 g/mol. The molecule has 1 aromatic carbocycles. The van der Waals surface area contributed by atoms with Crippen LogP contribution >= 0.6 is 0 Å². The van der Waals surface area contributed by atoms with Crippen molar-refractivity contribution < 1.29 is 4.79 Å². The van der Waals surface area contributed by atoms with Gasteiger partial charge in [-0.3, -0.25) is 10.1 Å². The number of aromatic nitrogens is 4. The summed E-state index contributed by atoms with van der Waals surface area (Å²) in [5.41, 5.74) is 6.58. The van der Waals surface area contributed by atoms with Crippen molar-refractivity contribution in [3.05, 3.63) is 29.8 Å². The van der Waals surface area contributed by atoms with E-state index in [1.807, 2.05) is 0 Å². The summed E-state index contributed by atoms with van der Waals surface area (Å²) < 4.78 is 0. The molecule has 0 aliphatic heterocycles. The fourth-order valence-electron chi connectivity index (χ4n) is 1.03. The third-order valence-electron chi connectivity index (χ3n) is 1.75. The lowest BCUT2D eigenvalue weighted by atomic mass is 10.2. The van der Waals surface area contributed by atoms with Crippen LogP contribution in [0.3, 0.4) is 0 Å². The number of hydrogen-bond acceptors (Lipinski definition) is 5. The van der Waals surface area contributed by atoms with E-state index in [9.17, 15) is 4.79 Å². The number of nitrogen functional groups attached to an aromatic ring is 1. The molecule has 0 radical (unpaired) electrons. The average molecular weight is 204 g/mol. The number of hydrogen-bond donors (Lipinski definition) is 3. The maximum atomic E-state index is 11.6. The molecule has 0 bridgehead atoms. The van der Waals surface area contributed by atoms with Gasteiger partial charge < -0.3 is 5.73 Å². The van der Waals surface area contributed by atoms with E-state index in [0.717, 1.165) is 0 Å². The second kappa shape index (κ2) is 3.74. The quantitative estimate of drug-likeness (QED) is 0.598. The zero-order valence-corrected chi connectivity index (χ0v) is 7.64. The van der Waals surface area contributed by atoms with Crippen LogP contribution in [0.5, 0.6) is 0 Å². The molecule has 7 heteroatoms. The number of tetrazole rings is 1. The van der Waals surface area contributed by atoms with E-state index in [0.29, 0.717) is 11.3 Å². The number of nitrogens with two attached hydrogens (primary N) is 1. The highest BCUT2D eigenvalue weighted by atomic mass is 16.1. The number of H-pyrrole nitrogens is 1. The lowest BCUT2D eigenvalue weighted by Gasteiger charge is -2.00. The summed E-state index contributed by atoms with van der Waals surface area (Å²) in [6.45, 7) is 0. The monoisotopic (exact) mass is 204 g/mol.